The number of hydrogen-bond acceptors (Lipinski definition) is 2. The SMILES string of the molecule is CC1CCCC(NO)C1C. The Balaban J connectivity index is 2.42. The van der Waals surface area contributed by atoms with E-state index in [1.807, 2.05) is 0 Å². The molecule has 10 heavy (non-hydrogen) atoms. The molecule has 3 atom stereocenters. The van der Waals surface area contributed by atoms with Crippen molar-refractivity contribution in [3.63, 3.8) is 0 Å². The molecule has 1 rings (SSSR count). The van der Waals surface area contributed by atoms with E-state index in [0.29, 0.717) is 12.0 Å². The molecule has 0 radical (unpaired) electrons. The fourth-order valence-electron chi connectivity index (χ4n) is 1.76. The molecule has 0 saturated heterocycles. The Morgan fingerprint density at radius 2 is 2.00 bits per heavy atom. The summed E-state index contributed by atoms with van der Waals surface area (Å²) in [6, 6.07) is 0.337. The summed E-state index contributed by atoms with van der Waals surface area (Å²) < 4.78 is 0. The Labute approximate surface area is 62.6 Å². The monoisotopic (exact) mass is 143 g/mol. The van der Waals surface area contributed by atoms with Crippen LogP contribution in [0.25, 0.3) is 0 Å². The molecule has 1 fully saturated rings. The highest BCUT2D eigenvalue weighted by Gasteiger charge is 2.25. The van der Waals surface area contributed by atoms with Crippen molar-refractivity contribution >= 4 is 0 Å². The predicted octanol–water partition coefficient (Wildman–Crippen LogP) is 1.79. The van der Waals surface area contributed by atoms with E-state index in [1.54, 1.807) is 0 Å². The molecule has 60 valence electrons. The predicted molar refractivity (Wildman–Crippen MR) is 40.9 cm³/mol. The van der Waals surface area contributed by atoms with Crippen LogP contribution < -0.4 is 5.48 Å². The third kappa shape index (κ3) is 1.50. The second-order valence-electron chi connectivity index (χ2n) is 3.50. The van der Waals surface area contributed by atoms with Gasteiger partial charge in [-0.2, -0.15) is 0 Å². The van der Waals surface area contributed by atoms with Crippen LogP contribution in [0.2, 0.25) is 0 Å². The summed E-state index contributed by atoms with van der Waals surface area (Å²) in [6.45, 7) is 4.46. The van der Waals surface area contributed by atoms with Crippen LogP contribution in [0.4, 0.5) is 0 Å². The van der Waals surface area contributed by atoms with Crippen molar-refractivity contribution in [3.05, 3.63) is 0 Å². The average molecular weight is 143 g/mol. The van der Waals surface area contributed by atoms with Gasteiger partial charge in [0.2, 0.25) is 0 Å². The maximum absolute atomic E-state index is 8.73. The summed E-state index contributed by atoms with van der Waals surface area (Å²) in [5, 5.41) is 8.73. The first-order valence-corrected chi connectivity index (χ1v) is 4.15. The maximum atomic E-state index is 8.73. The van der Waals surface area contributed by atoms with Crippen molar-refractivity contribution in [1.82, 2.24) is 5.48 Å². The van der Waals surface area contributed by atoms with Crippen molar-refractivity contribution in [1.29, 1.82) is 0 Å². The minimum atomic E-state index is 0.337. The molecule has 0 aromatic carbocycles. The minimum absolute atomic E-state index is 0.337. The first kappa shape index (κ1) is 8.02. The Hall–Kier alpha value is -0.0800. The Morgan fingerprint density at radius 3 is 2.50 bits per heavy atom. The van der Waals surface area contributed by atoms with E-state index >= 15 is 0 Å². The van der Waals surface area contributed by atoms with Gasteiger partial charge in [0.15, 0.2) is 0 Å². The Kier molecular flexibility index (Phi) is 2.69. The molecule has 1 saturated carbocycles. The zero-order valence-electron chi connectivity index (χ0n) is 6.80. The molecule has 3 unspecified atom stereocenters. The standard InChI is InChI=1S/C8H17NO/c1-6-4-3-5-8(9-10)7(6)2/h6-10H,3-5H2,1-2H3. The summed E-state index contributed by atoms with van der Waals surface area (Å²) >= 11 is 0. The molecule has 0 bridgehead atoms. The zero-order chi connectivity index (χ0) is 7.56. The summed E-state index contributed by atoms with van der Waals surface area (Å²) in [7, 11) is 0. The van der Waals surface area contributed by atoms with Gasteiger partial charge in [0.1, 0.15) is 0 Å². The normalized spacial score (nSPS) is 41.7. The van der Waals surface area contributed by atoms with Gasteiger partial charge in [-0.25, -0.2) is 5.48 Å². The van der Waals surface area contributed by atoms with Gasteiger partial charge in [-0.1, -0.05) is 26.7 Å². The molecule has 0 aliphatic heterocycles. The lowest BCUT2D eigenvalue weighted by molar-refractivity contribution is 0.0618. The third-order valence-electron chi connectivity index (χ3n) is 2.87. The van der Waals surface area contributed by atoms with Crippen LogP contribution >= 0.6 is 0 Å². The van der Waals surface area contributed by atoms with Crippen LogP contribution in [0.1, 0.15) is 33.1 Å². The molecule has 1 aliphatic carbocycles. The maximum Gasteiger partial charge on any atom is 0.0347 e. The van der Waals surface area contributed by atoms with Gasteiger partial charge in [-0.05, 0) is 18.3 Å². The van der Waals surface area contributed by atoms with Gasteiger partial charge in [0.05, 0.1) is 0 Å². The van der Waals surface area contributed by atoms with Crippen molar-refractivity contribution in [2.75, 3.05) is 0 Å². The first-order valence-electron chi connectivity index (χ1n) is 4.15. The second-order valence-corrected chi connectivity index (χ2v) is 3.50. The van der Waals surface area contributed by atoms with E-state index in [-0.39, 0.29) is 0 Å². The lowest BCUT2D eigenvalue weighted by Crippen LogP contribution is -2.38. The first-order chi connectivity index (χ1) is 4.75. The van der Waals surface area contributed by atoms with Crippen molar-refractivity contribution in [3.8, 4) is 0 Å². The van der Waals surface area contributed by atoms with Crippen LogP contribution in [0.3, 0.4) is 0 Å². The van der Waals surface area contributed by atoms with Crippen molar-refractivity contribution < 1.29 is 5.21 Å². The molecule has 0 heterocycles. The zero-order valence-corrected chi connectivity index (χ0v) is 6.80. The molecule has 0 spiro atoms. The second kappa shape index (κ2) is 3.35. The summed E-state index contributed by atoms with van der Waals surface area (Å²) in [5.41, 5.74) is 2.38. The van der Waals surface area contributed by atoms with Crippen molar-refractivity contribution in [2.45, 2.75) is 39.2 Å². The van der Waals surface area contributed by atoms with Gasteiger partial charge in [-0.3, -0.25) is 0 Å². The number of rotatable bonds is 1. The molecule has 0 aromatic heterocycles. The van der Waals surface area contributed by atoms with Crippen molar-refractivity contribution in [2.24, 2.45) is 11.8 Å². The van der Waals surface area contributed by atoms with E-state index in [4.69, 9.17) is 5.21 Å². The summed E-state index contributed by atoms with van der Waals surface area (Å²) in [6.07, 6.45) is 3.70. The van der Waals surface area contributed by atoms with Gasteiger partial charge >= 0.3 is 0 Å². The highest BCUT2D eigenvalue weighted by Crippen LogP contribution is 2.28. The fourth-order valence-corrected chi connectivity index (χ4v) is 1.76. The summed E-state index contributed by atoms with van der Waals surface area (Å²) in [5.74, 6) is 1.39. The van der Waals surface area contributed by atoms with E-state index in [1.165, 1.54) is 12.8 Å². The minimum Gasteiger partial charge on any atom is -0.317 e. The lowest BCUT2D eigenvalue weighted by Gasteiger charge is -2.32. The quantitative estimate of drug-likeness (QED) is 0.548. The Bertz CT molecular complexity index is 105. The van der Waals surface area contributed by atoms with Crippen LogP contribution in [-0.2, 0) is 0 Å². The molecular weight excluding hydrogens is 126 g/mol. The van der Waals surface area contributed by atoms with E-state index in [0.717, 1.165) is 12.3 Å². The molecule has 0 aromatic rings. The molecule has 1 aliphatic rings. The number of nitrogens with one attached hydrogen (secondary N) is 1. The average Bonchev–Trinajstić information content (AvgIpc) is 1.95. The van der Waals surface area contributed by atoms with Crippen LogP contribution in [0.15, 0.2) is 0 Å². The molecule has 2 N–H and O–H groups in total. The fraction of sp³-hybridized carbons (Fsp3) is 1.00. The molecule has 0 amide bonds. The summed E-state index contributed by atoms with van der Waals surface area (Å²) in [4.78, 5) is 0. The van der Waals surface area contributed by atoms with E-state index in [9.17, 15) is 0 Å². The molecule has 2 heteroatoms. The lowest BCUT2D eigenvalue weighted by atomic mass is 9.78. The van der Waals surface area contributed by atoms with Gasteiger partial charge in [-0.15, -0.1) is 0 Å². The van der Waals surface area contributed by atoms with Gasteiger partial charge in [0, 0.05) is 6.04 Å². The van der Waals surface area contributed by atoms with Gasteiger partial charge < -0.3 is 5.21 Å². The highest BCUT2D eigenvalue weighted by atomic mass is 16.5. The topological polar surface area (TPSA) is 32.3 Å². The number of hydroxylamine groups is 1. The number of hydrogen-bond donors (Lipinski definition) is 2. The Morgan fingerprint density at radius 1 is 1.30 bits per heavy atom. The van der Waals surface area contributed by atoms with Crippen LogP contribution in [0.5, 0.6) is 0 Å². The van der Waals surface area contributed by atoms with E-state index in [2.05, 4.69) is 19.3 Å². The van der Waals surface area contributed by atoms with Crippen LogP contribution in [0, 0.1) is 11.8 Å². The highest BCUT2D eigenvalue weighted by molar-refractivity contribution is 4.79. The smallest absolute Gasteiger partial charge is 0.0347 e. The van der Waals surface area contributed by atoms with Crippen LogP contribution in [-0.4, -0.2) is 11.2 Å². The largest absolute Gasteiger partial charge is 0.317 e. The third-order valence-corrected chi connectivity index (χ3v) is 2.87. The van der Waals surface area contributed by atoms with Gasteiger partial charge in [0.25, 0.3) is 0 Å². The van der Waals surface area contributed by atoms with E-state index < -0.39 is 0 Å². The molecule has 2 nitrogen and oxygen atoms in total. The molecular formula is C8H17NO.